The normalized spacial score (nSPS) is 12.4. The van der Waals surface area contributed by atoms with Gasteiger partial charge in [-0.15, -0.1) is 5.10 Å². The van der Waals surface area contributed by atoms with Crippen LogP contribution in [0.2, 0.25) is 0 Å². The quantitative estimate of drug-likeness (QED) is 0.774. The highest BCUT2D eigenvalue weighted by atomic mass is 16.5. The lowest BCUT2D eigenvalue weighted by Crippen LogP contribution is -2.05. The largest absolute Gasteiger partial charge is 0.493 e. The minimum Gasteiger partial charge on any atom is -0.493 e. The molecule has 0 amide bonds. The van der Waals surface area contributed by atoms with Crippen molar-refractivity contribution in [3.05, 3.63) is 40.7 Å². The van der Waals surface area contributed by atoms with Crippen LogP contribution in [0.5, 0.6) is 5.75 Å². The van der Waals surface area contributed by atoms with Gasteiger partial charge in [-0.05, 0) is 62.3 Å². The second-order valence-corrected chi connectivity index (χ2v) is 5.92. The molecular formula is C18H27N3O. The molecule has 1 aromatic carbocycles. The molecule has 22 heavy (non-hydrogen) atoms. The predicted molar refractivity (Wildman–Crippen MR) is 89.5 cm³/mol. The maximum absolute atomic E-state index is 5.81. The second-order valence-electron chi connectivity index (χ2n) is 5.92. The molecule has 0 N–H and O–H groups in total. The van der Waals surface area contributed by atoms with Crippen molar-refractivity contribution in [1.82, 2.24) is 15.0 Å². The topological polar surface area (TPSA) is 39.9 Å². The zero-order chi connectivity index (χ0) is 16.1. The molecule has 0 aliphatic rings. The SMILES string of the molecule is CCCOc1ccc(C(C)Cc2cn(CC)nn2)c(C)c1C. The Bertz CT molecular complexity index is 619. The van der Waals surface area contributed by atoms with Gasteiger partial charge in [-0.1, -0.05) is 25.1 Å². The fourth-order valence-electron chi connectivity index (χ4n) is 2.73. The van der Waals surface area contributed by atoms with Crippen LogP contribution in [0.15, 0.2) is 18.3 Å². The number of aryl methyl sites for hydroxylation is 1. The van der Waals surface area contributed by atoms with E-state index >= 15 is 0 Å². The van der Waals surface area contributed by atoms with Crippen LogP contribution in [-0.4, -0.2) is 21.6 Å². The van der Waals surface area contributed by atoms with Crippen molar-refractivity contribution in [2.24, 2.45) is 0 Å². The first-order chi connectivity index (χ1) is 10.6. The lowest BCUT2D eigenvalue weighted by molar-refractivity contribution is 0.315. The molecule has 4 nitrogen and oxygen atoms in total. The average molecular weight is 301 g/mol. The van der Waals surface area contributed by atoms with Crippen molar-refractivity contribution in [2.45, 2.75) is 59.9 Å². The van der Waals surface area contributed by atoms with Crippen LogP contribution in [0.4, 0.5) is 0 Å². The zero-order valence-electron chi connectivity index (χ0n) is 14.4. The number of nitrogens with zero attached hydrogens (tertiary/aromatic N) is 3. The van der Waals surface area contributed by atoms with Crippen molar-refractivity contribution in [3.63, 3.8) is 0 Å². The Hall–Kier alpha value is -1.84. The first-order valence-corrected chi connectivity index (χ1v) is 8.18. The summed E-state index contributed by atoms with van der Waals surface area (Å²) in [6, 6.07) is 4.30. The molecule has 0 aliphatic heterocycles. The lowest BCUT2D eigenvalue weighted by atomic mass is 9.90. The summed E-state index contributed by atoms with van der Waals surface area (Å²) in [6.45, 7) is 12.4. The summed E-state index contributed by atoms with van der Waals surface area (Å²) in [5, 5.41) is 8.37. The van der Waals surface area contributed by atoms with Crippen LogP contribution in [0.1, 0.15) is 55.5 Å². The molecule has 0 fully saturated rings. The highest BCUT2D eigenvalue weighted by Gasteiger charge is 2.15. The third-order valence-corrected chi connectivity index (χ3v) is 4.20. The van der Waals surface area contributed by atoms with Crippen molar-refractivity contribution in [1.29, 1.82) is 0 Å². The maximum Gasteiger partial charge on any atom is 0.122 e. The van der Waals surface area contributed by atoms with Gasteiger partial charge in [0.1, 0.15) is 5.75 Å². The standard InChI is InChI=1S/C18H27N3O/c1-6-10-22-18-9-8-17(14(4)15(18)5)13(3)11-16-12-21(7-2)20-19-16/h8-9,12-13H,6-7,10-11H2,1-5H3. The third-order valence-electron chi connectivity index (χ3n) is 4.20. The van der Waals surface area contributed by atoms with Crippen LogP contribution in [0.3, 0.4) is 0 Å². The monoisotopic (exact) mass is 301 g/mol. The Morgan fingerprint density at radius 3 is 2.59 bits per heavy atom. The van der Waals surface area contributed by atoms with Gasteiger partial charge in [0.2, 0.25) is 0 Å². The van der Waals surface area contributed by atoms with Crippen LogP contribution in [0.25, 0.3) is 0 Å². The Morgan fingerprint density at radius 1 is 1.18 bits per heavy atom. The van der Waals surface area contributed by atoms with Gasteiger partial charge in [0.05, 0.1) is 12.3 Å². The van der Waals surface area contributed by atoms with E-state index in [-0.39, 0.29) is 0 Å². The van der Waals surface area contributed by atoms with Gasteiger partial charge in [0.25, 0.3) is 0 Å². The molecule has 0 bridgehead atoms. The van der Waals surface area contributed by atoms with Crippen LogP contribution in [-0.2, 0) is 13.0 Å². The fraction of sp³-hybridized carbons (Fsp3) is 0.556. The highest BCUT2D eigenvalue weighted by molar-refractivity contribution is 5.45. The predicted octanol–water partition coefficient (Wildman–Crippen LogP) is 4.05. The number of aromatic nitrogens is 3. The second kappa shape index (κ2) is 7.43. The molecule has 120 valence electrons. The molecule has 0 saturated carbocycles. The van der Waals surface area contributed by atoms with Gasteiger partial charge in [-0.2, -0.15) is 0 Å². The Balaban J connectivity index is 2.15. The molecule has 1 heterocycles. The summed E-state index contributed by atoms with van der Waals surface area (Å²) in [4.78, 5) is 0. The lowest BCUT2D eigenvalue weighted by Gasteiger charge is -2.18. The van der Waals surface area contributed by atoms with E-state index in [9.17, 15) is 0 Å². The Morgan fingerprint density at radius 2 is 1.95 bits per heavy atom. The highest BCUT2D eigenvalue weighted by Crippen LogP contribution is 2.30. The van der Waals surface area contributed by atoms with Gasteiger partial charge in [0.15, 0.2) is 0 Å². The summed E-state index contributed by atoms with van der Waals surface area (Å²) in [6.07, 6.45) is 3.98. The van der Waals surface area contributed by atoms with Crippen molar-refractivity contribution in [3.8, 4) is 5.75 Å². The minimum absolute atomic E-state index is 0.418. The number of rotatable bonds is 7. The van der Waals surface area contributed by atoms with Gasteiger partial charge < -0.3 is 4.74 Å². The van der Waals surface area contributed by atoms with E-state index in [4.69, 9.17) is 4.74 Å². The molecule has 0 radical (unpaired) electrons. The van der Waals surface area contributed by atoms with E-state index in [1.807, 2.05) is 10.9 Å². The van der Waals surface area contributed by atoms with Crippen LogP contribution >= 0.6 is 0 Å². The number of hydrogen-bond donors (Lipinski definition) is 0. The van der Waals surface area contributed by atoms with E-state index < -0.39 is 0 Å². The summed E-state index contributed by atoms with van der Waals surface area (Å²) in [7, 11) is 0. The minimum atomic E-state index is 0.418. The molecule has 2 aromatic rings. The Labute approximate surface area is 133 Å². The van der Waals surface area contributed by atoms with Gasteiger partial charge in [-0.3, -0.25) is 4.68 Å². The van der Waals surface area contributed by atoms with Gasteiger partial charge in [0, 0.05) is 12.7 Å². The number of ether oxygens (including phenoxy) is 1. The van der Waals surface area contributed by atoms with Gasteiger partial charge in [-0.25, -0.2) is 0 Å². The number of benzene rings is 1. The van der Waals surface area contributed by atoms with E-state index in [1.54, 1.807) is 0 Å². The average Bonchev–Trinajstić information content (AvgIpc) is 2.96. The first-order valence-electron chi connectivity index (χ1n) is 8.18. The molecule has 1 aromatic heterocycles. The van der Waals surface area contributed by atoms with Crippen LogP contribution in [0, 0.1) is 13.8 Å². The maximum atomic E-state index is 5.81. The van der Waals surface area contributed by atoms with Crippen molar-refractivity contribution < 1.29 is 4.74 Å². The molecule has 0 saturated heterocycles. The first kappa shape index (κ1) is 16.5. The molecule has 1 atom stereocenters. The smallest absolute Gasteiger partial charge is 0.122 e. The molecule has 4 heteroatoms. The number of hydrogen-bond acceptors (Lipinski definition) is 3. The van der Waals surface area contributed by atoms with E-state index in [0.717, 1.165) is 37.4 Å². The summed E-state index contributed by atoms with van der Waals surface area (Å²) >= 11 is 0. The summed E-state index contributed by atoms with van der Waals surface area (Å²) in [5.74, 6) is 1.42. The summed E-state index contributed by atoms with van der Waals surface area (Å²) in [5.41, 5.74) is 4.99. The molecule has 1 unspecified atom stereocenters. The molecular weight excluding hydrogens is 274 g/mol. The van der Waals surface area contributed by atoms with Crippen molar-refractivity contribution >= 4 is 0 Å². The molecule has 2 rings (SSSR count). The Kier molecular flexibility index (Phi) is 5.58. The van der Waals surface area contributed by atoms with Gasteiger partial charge >= 0.3 is 0 Å². The van der Waals surface area contributed by atoms with E-state index in [0.29, 0.717) is 5.92 Å². The van der Waals surface area contributed by atoms with E-state index in [2.05, 4.69) is 57.1 Å². The fourth-order valence-corrected chi connectivity index (χ4v) is 2.73. The molecule has 0 aliphatic carbocycles. The molecule has 0 spiro atoms. The third kappa shape index (κ3) is 3.67. The van der Waals surface area contributed by atoms with E-state index in [1.165, 1.54) is 16.7 Å². The summed E-state index contributed by atoms with van der Waals surface area (Å²) < 4.78 is 7.69. The van der Waals surface area contributed by atoms with Crippen molar-refractivity contribution in [2.75, 3.05) is 6.61 Å². The zero-order valence-corrected chi connectivity index (χ0v) is 14.4. The van der Waals surface area contributed by atoms with Crippen LogP contribution < -0.4 is 4.74 Å².